The van der Waals surface area contributed by atoms with Gasteiger partial charge in [0.25, 0.3) is 0 Å². The molecule has 8 heteroatoms. The third-order valence-electron chi connectivity index (χ3n) is 2.63. The molecule has 0 fully saturated rings. The molecule has 2 nitrogen and oxygen atoms in total. The molecule has 122 valence electrons. The summed E-state index contributed by atoms with van der Waals surface area (Å²) in [6, 6.07) is 7.36. The van der Waals surface area contributed by atoms with E-state index in [4.69, 9.17) is 0 Å². The lowest BCUT2D eigenvalue weighted by Gasteiger charge is -2.16. The maximum absolute atomic E-state index is 13.4. The summed E-state index contributed by atoms with van der Waals surface area (Å²) < 4.78 is 80.1. The molecule has 0 radical (unpaired) electrons. The molecule has 0 N–H and O–H groups in total. The molecule has 0 bridgehead atoms. The second-order valence-electron chi connectivity index (χ2n) is 4.39. The van der Waals surface area contributed by atoms with Crippen LogP contribution < -0.4 is 4.74 Å². The fourth-order valence-electron chi connectivity index (χ4n) is 1.59. The zero-order valence-electron chi connectivity index (χ0n) is 11.3. The van der Waals surface area contributed by atoms with Gasteiger partial charge >= 0.3 is 12.5 Å². The average Bonchev–Trinajstić information content (AvgIpc) is 2.48. The summed E-state index contributed by atoms with van der Waals surface area (Å²) in [5.41, 5.74) is -0.120. The molecular formula is C15H9F6NO. The van der Waals surface area contributed by atoms with Gasteiger partial charge in [-0.1, -0.05) is 12.1 Å². The van der Waals surface area contributed by atoms with Crippen molar-refractivity contribution in [1.82, 2.24) is 0 Å². The van der Waals surface area contributed by atoms with Gasteiger partial charge in [0.15, 0.2) is 0 Å². The number of halogens is 6. The predicted molar refractivity (Wildman–Crippen MR) is 71.6 cm³/mol. The van der Waals surface area contributed by atoms with Crippen LogP contribution in [-0.2, 0) is 0 Å². The van der Waals surface area contributed by atoms with Crippen LogP contribution >= 0.6 is 0 Å². The minimum Gasteiger partial charge on any atom is -0.428 e. The summed E-state index contributed by atoms with van der Waals surface area (Å²) in [7, 11) is 0. The molecule has 23 heavy (non-hydrogen) atoms. The van der Waals surface area contributed by atoms with Crippen LogP contribution in [0.3, 0.4) is 0 Å². The van der Waals surface area contributed by atoms with Gasteiger partial charge < -0.3 is 4.74 Å². The van der Waals surface area contributed by atoms with Crippen LogP contribution in [-0.4, -0.2) is 18.7 Å². The van der Waals surface area contributed by atoms with Gasteiger partial charge in [-0.3, -0.25) is 4.99 Å². The van der Waals surface area contributed by atoms with Crippen molar-refractivity contribution in [2.45, 2.75) is 12.5 Å². The van der Waals surface area contributed by atoms with E-state index in [9.17, 15) is 26.3 Å². The lowest BCUT2D eigenvalue weighted by atomic mass is 10.2. The van der Waals surface area contributed by atoms with Gasteiger partial charge in [-0.15, -0.1) is 0 Å². The molecule has 0 heterocycles. The van der Waals surface area contributed by atoms with Gasteiger partial charge in [0, 0.05) is 12.3 Å². The fourth-order valence-corrected chi connectivity index (χ4v) is 1.59. The summed E-state index contributed by atoms with van der Waals surface area (Å²) in [6.45, 7) is 0. The number of nitrogens with zero attached hydrogens (tertiary/aromatic N) is 1. The van der Waals surface area contributed by atoms with Crippen LogP contribution in [0.4, 0.5) is 32.0 Å². The van der Waals surface area contributed by atoms with Gasteiger partial charge in [-0.25, -0.2) is 8.78 Å². The molecule has 2 aromatic rings. The van der Waals surface area contributed by atoms with Gasteiger partial charge in [0.2, 0.25) is 0 Å². The zero-order chi connectivity index (χ0) is 17.0. The third kappa shape index (κ3) is 4.48. The van der Waals surface area contributed by atoms with Crippen LogP contribution in [0.2, 0.25) is 0 Å². The molecule has 0 aliphatic heterocycles. The van der Waals surface area contributed by atoms with E-state index in [1.807, 2.05) is 0 Å². The summed E-state index contributed by atoms with van der Waals surface area (Å²) in [5.74, 6) is -1.99. The second kappa shape index (κ2) is 6.72. The maximum Gasteiger partial charge on any atom is 0.461 e. The Balaban J connectivity index is 2.20. The monoisotopic (exact) mass is 333 g/mol. The fraction of sp³-hybridized carbons (Fsp3) is 0.133. The van der Waals surface area contributed by atoms with E-state index in [0.717, 1.165) is 36.5 Å². The van der Waals surface area contributed by atoms with Crippen molar-refractivity contribution in [3.63, 3.8) is 0 Å². The summed E-state index contributed by atoms with van der Waals surface area (Å²) in [4.78, 5) is 3.68. The molecule has 0 aliphatic rings. The number of rotatable bonds is 5. The Morgan fingerprint density at radius 2 is 1.78 bits per heavy atom. The summed E-state index contributed by atoms with van der Waals surface area (Å²) in [6.07, 6.45) is -7.56. The number of hydrogen-bond acceptors (Lipinski definition) is 2. The van der Waals surface area contributed by atoms with Crippen molar-refractivity contribution in [2.75, 3.05) is 0 Å². The van der Waals surface area contributed by atoms with E-state index in [0.29, 0.717) is 0 Å². The topological polar surface area (TPSA) is 21.6 Å². The van der Waals surface area contributed by atoms with Crippen molar-refractivity contribution >= 4 is 11.9 Å². The molecular weight excluding hydrogens is 324 g/mol. The molecule has 2 aromatic carbocycles. The maximum atomic E-state index is 13.4. The zero-order valence-corrected chi connectivity index (χ0v) is 11.3. The number of ether oxygens (including phenoxy) is 1. The SMILES string of the molecule is Fc1ccc(F)c(N=Cc2cccc(OC(F)(F)C(F)F)c2)c1. The third-order valence-corrected chi connectivity index (χ3v) is 2.63. The van der Waals surface area contributed by atoms with Crippen LogP contribution in [0.15, 0.2) is 47.5 Å². The normalized spacial score (nSPS) is 12.1. The van der Waals surface area contributed by atoms with E-state index in [1.54, 1.807) is 0 Å². The van der Waals surface area contributed by atoms with E-state index >= 15 is 0 Å². The lowest BCUT2D eigenvalue weighted by molar-refractivity contribution is -0.253. The number of hydrogen-bond donors (Lipinski definition) is 0. The first-order valence-electron chi connectivity index (χ1n) is 6.22. The molecule has 0 aromatic heterocycles. The van der Waals surface area contributed by atoms with Crippen molar-refractivity contribution in [1.29, 1.82) is 0 Å². The quantitative estimate of drug-likeness (QED) is 0.560. The highest BCUT2D eigenvalue weighted by atomic mass is 19.3. The van der Waals surface area contributed by atoms with Gasteiger partial charge in [-0.05, 0) is 29.8 Å². The molecule has 0 atom stereocenters. The predicted octanol–water partition coefficient (Wildman–Crippen LogP) is 4.95. The largest absolute Gasteiger partial charge is 0.461 e. The van der Waals surface area contributed by atoms with E-state index in [1.165, 1.54) is 12.1 Å². The van der Waals surface area contributed by atoms with E-state index in [-0.39, 0.29) is 11.3 Å². The molecule has 0 saturated heterocycles. The van der Waals surface area contributed by atoms with Crippen LogP contribution in [0.1, 0.15) is 5.56 Å². The molecule has 0 aliphatic carbocycles. The molecule has 2 rings (SSSR count). The van der Waals surface area contributed by atoms with Crippen LogP contribution in [0, 0.1) is 11.6 Å². The van der Waals surface area contributed by atoms with Crippen molar-refractivity contribution in [3.8, 4) is 5.75 Å². The first-order chi connectivity index (χ1) is 10.8. The molecule has 0 amide bonds. The number of aliphatic imine (C=N–C) groups is 1. The average molecular weight is 333 g/mol. The Morgan fingerprint density at radius 3 is 2.48 bits per heavy atom. The Bertz CT molecular complexity index is 717. The van der Waals surface area contributed by atoms with Gasteiger partial charge in [0.1, 0.15) is 23.1 Å². The van der Waals surface area contributed by atoms with Crippen LogP contribution in [0.25, 0.3) is 0 Å². The summed E-state index contributed by atoms with van der Waals surface area (Å²) >= 11 is 0. The molecule has 0 unspecified atom stereocenters. The first-order valence-corrected chi connectivity index (χ1v) is 6.22. The van der Waals surface area contributed by atoms with E-state index in [2.05, 4.69) is 9.73 Å². The Hall–Kier alpha value is -2.51. The Labute approximate surface area is 127 Å². The number of alkyl halides is 4. The van der Waals surface area contributed by atoms with Crippen molar-refractivity contribution in [2.24, 2.45) is 4.99 Å². The second-order valence-corrected chi connectivity index (χ2v) is 4.39. The van der Waals surface area contributed by atoms with Gasteiger partial charge in [0.05, 0.1) is 0 Å². The van der Waals surface area contributed by atoms with Crippen LogP contribution in [0.5, 0.6) is 5.75 Å². The molecule has 0 saturated carbocycles. The number of benzene rings is 2. The van der Waals surface area contributed by atoms with E-state index < -0.39 is 29.9 Å². The van der Waals surface area contributed by atoms with Crippen molar-refractivity contribution < 1.29 is 31.1 Å². The molecule has 0 spiro atoms. The van der Waals surface area contributed by atoms with Crippen molar-refractivity contribution in [3.05, 3.63) is 59.7 Å². The first kappa shape index (κ1) is 16.9. The Kier molecular flexibility index (Phi) is 4.92. The minimum absolute atomic E-state index is 0.177. The summed E-state index contributed by atoms with van der Waals surface area (Å²) in [5, 5.41) is 0. The van der Waals surface area contributed by atoms with Gasteiger partial charge in [-0.2, -0.15) is 17.6 Å². The highest BCUT2D eigenvalue weighted by Crippen LogP contribution is 2.27. The Morgan fingerprint density at radius 1 is 1.04 bits per heavy atom. The lowest BCUT2D eigenvalue weighted by Crippen LogP contribution is -2.33. The minimum atomic E-state index is -4.63. The standard InChI is InChI=1S/C15H9F6NO/c16-10-4-5-12(17)13(7-10)22-8-9-2-1-3-11(6-9)23-15(20,21)14(18)19/h1-8,14H. The smallest absolute Gasteiger partial charge is 0.428 e. The highest BCUT2D eigenvalue weighted by Gasteiger charge is 2.43. The highest BCUT2D eigenvalue weighted by molar-refractivity contribution is 5.82.